The molecule has 1 rings (SSSR count). The molecule has 76 valence electrons. The SMILES string of the molecule is CC.CC(C)N(C)Cc1cncs1. The summed E-state index contributed by atoms with van der Waals surface area (Å²) in [4.78, 5) is 7.66. The van der Waals surface area contributed by atoms with Gasteiger partial charge in [0.25, 0.3) is 0 Å². The molecule has 0 aliphatic rings. The highest BCUT2D eigenvalue weighted by molar-refractivity contribution is 7.09. The molecule has 1 heterocycles. The van der Waals surface area contributed by atoms with Crippen molar-refractivity contribution in [2.24, 2.45) is 0 Å². The van der Waals surface area contributed by atoms with E-state index in [2.05, 4.69) is 30.8 Å². The number of hydrogen-bond acceptors (Lipinski definition) is 3. The van der Waals surface area contributed by atoms with E-state index < -0.39 is 0 Å². The molecule has 1 aromatic heterocycles. The van der Waals surface area contributed by atoms with Gasteiger partial charge in [0.1, 0.15) is 0 Å². The second-order valence-electron chi connectivity index (χ2n) is 2.98. The number of nitrogens with zero attached hydrogens (tertiary/aromatic N) is 2. The maximum absolute atomic E-state index is 4.03. The Hall–Kier alpha value is -0.410. The Morgan fingerprint density at radius 3 is 2.46 bits per heavy atom. The zero-order valence-electron chi connectivity index (χ0n) is 9.24. The van der Waals surface area contributed by atoms with Crippen LogP contribution in [0, 0.1) is 0 Å². The smallest absolute Gasteiger partial charge is 0.0794 e. The van der Waals surface area contributed by atoms with E-state index >= 15 is 0 Å². The van der Waals surface area contributed by atoms with Crippen molar-refractivity contribution in [3.63, 3.8) is 0 Å². The fourth-order valence-corrected chi connectivity index (χ4v) is 1.41. The van der Waals surface area contributed by atoms with Crippen LogP contribution in [0.5, 0.6) is 0 Å². The summed E-state index contributed by atoms with van der Waals surface area (Å²) in [6.07, 6.45) is 1.93. The van der Waals surface area contributed by atoms with Crippen molar-refractivity contribution in [2.75, 3.05) is 7.05 Å². The van der Waals surface area contributed by atoms with Crippen LogP contribution in [-0.4, -0.2) is 23.0 Å². The molecule has 0 aliphatic heterocycles. The van der Waals surface area contributed by atoms with Gasteiger partial charge in [0.05, 0.1) is 5.51 Å². The van der Waals surface area contributed by atoms with Gasteiger partial charge in [0.2, 0.25) is 0 Å². The molecule has 0 saturated heterocycles. The lowest BCUT2D eigenvalue weighted by molar-refractivity contribution is 0.268. The minimum absolute atomic E-state index is 0.608. The molecule has 0 N–H and O–H groups in total. The largest absolute Gasteiger partial charge is 0.299 e. The predicted octanol–water partition coefficient (Wildman–Crippen LogP) is 3.01. The standard InChI is InChI=1S/C8H14N2S.C2H6/c1-7(2)10(3)5-8-4-9-6-11-8;1-2/h4,6-7H,5H2,1-3H3;1-2H3. The quantitative estimate of drug-likeness (QED) is 0.745. The second-order valence-corrected chi connectivity index (χ2v) is 3.95. The number of aromatic nitrogens is 1. The molecule has 0 spiro atoms. The highest BCUT2D eigenvalue weighted by atomic mass is 32.1. The molecule has 0 atom stereocenters. The Labute approximate surface area is 85.6 Å². The third kappa shape index (κ3) is 5.01. The summed E-state index contributed by atoms with van der Waals surface area (Å²) in [7, 11) is 2.13. The van der Waals surface area contributed by atoms with Crippen molar-refractivity contribution in [3.8, 4) is 0 Å². The Kier molecular flexibility index (Phi) is 6.82. The van der Waals surface area contributed by atoms with Crippen molar-refractivity contribution >= 4 is 11.3 Å². The van der Waals surface area contributed by atoms with Gasteiger partial charge < -0.3 is 0 Å². The van der Waals surface area contributed by atoms with E-state index in [4.69, 9.17) is 0 Å². The second kappa shape index (κ2) is 7.04. The van der Waals surface area contributed by atoms with E-state index in [1.54, 1.807) is 11.3 Å². The van der Waals surface area contributed by atoms with E-state index in [1.807, 2.05) is 25.6 Å². The van der Waals surface area contributed by atoms with Crippen LogP contribution in [0.2, 0.25) is 0 Å². The van der Waals surface area contributed by atoms with Gasteiger partial charge in [0, 0.05) is 23.7 Å². The topological polar surface area (TPSA) is 16.1 Å². The molecule has 0 aromatic carbocycles. The average molecular weight is 200 g/mol. The van der Waals surface area contributed by atoms with Gasteiger partial charge in [-0.3, -0.25) is 9.88 Å². The molecule has 0 fully saturated rings. The third-order valence-corrected chi connectivity index (χ3v) is 2.53. The zero-order valence-corrected chi connectivity index (χ0v) is 10.1. The van der Waals surface area contributed by atoms with Crippen LogP contribution in [0.1, 0.15) is 32.6 Å². The Morgan fingerprint density at radius 2 is 2.08 bits per heavy atom. The molecule has 2 nitrogen and oxygen atoms in total. The summed E-state index contributed by atoms with van der Waals surface area (Å²) in [5.74, 6) is 0. The lowest BCUT2D eigenvalue weighted by Crippen LogP contribution is -2.25. The first-order valence-corrected chi connectivity index (χ1v) is 5.65. The van der Waals surface area contributed by atoms with Crippen molar-refractivity contribution in [1.29, 1.82) is 0 Å². The minimum atomic E-state index is 0.608. The van der Waals surface area contributed by atoms with Crippen molar-refractivity contribution in [2.45, 2.75) is 40.3 Å². The fourth-order valence-electron chi connectivity index (χ4n) is 0.749. The molecule has 1 aromatic rings. The fraction of sp³-hybridized carbons (Fsp3) is 0.700. The monoisotopic (exact) mass is 200 g/mol. The van der Waals surface area contributed by atoms with Gasteiger partial charge >= 0.3 is 0 Å². The van der Waals surface area contributed by atoms with Crippen LogP contribution >= 0.6 is 11.3 Å². The van der Waals surface area contributed by atoms with Gasteiger partial charge in [-0.15, -0.1) is 11.3 Å². The van der Waals surface area contributed by atoms with Crippen molar-refractivity contribution < 1.29 is 0 Å². The Bertz CT molecular complexity index is 195. The molecule has 0 radical (unpaired) electrons. The van der Waals surface area contributed by atoms with Gasteiger partial charge in [-0.05, 0) is 20.9 Å². The number of hydrogen-bond donors (Lipinski definition) is 0. The summed E-state index contributed by atoms with van der Waals surface area (Å²) in [6, 6.07) is 0.608. The van der Waals surface area contributed by atoms with E-state index in [9.17, 15) is 0 Å². The van der Waals surface area contributed by atoms with Crippen LogP contribution in [0.25, 0.3) is 0 Å². The first-order chi connectivity index (χ1) is 6.20. The first kappa shape index (κ1) is 12.6. The van der Waals surface area contributed by atoms with E-state index in [0.717, 1.165) is 6.54 Å². The van der Waals surface area contributed by atoms with Crippen molar-refractivity contribution in [3.05, 3.63) is 16.6 Å². The van der Waals surface area contributed by atoms with Crippen LogP contribution in [0.3, 0.4) is 0 Å². The molecule has 13 heavy (non-hydrogen) atoms. The first-order valence-electron chi connectivity index (χ1n) is 4.77. The van der Waals surface area contributed by atoms with Gasteiger partial charge in [-0.25, -0.2) is 0 Å². The van der Waals surface area contributed by atoms with Gasteiger partial charge in [-0.1, -0.05) is 13.8 Å². The molecule has 0 unspecified atom stereocenters. The summed E-state index contributed by atoms with van der Waals surface area (Å²) >= 11 is 1.72. The highest BCUT2D eigenvalue weighted by Gasteiger charge is 2.04. The molecular weight excluding hydrogens is 180 g/mol. The summed E-state index contributed by atoms with van der Waals surface area (Å²) in [5, 5.41) is 0. The van der Waals surface area contributed by atoms with Crippen LogP contribution in [-0.2, 0) is 6.54 Å². The zero-order chi connectivity index (χ0) is 10.3. The molecular formula is C10H20N2S. The van der Waals surface area contributed by atoms with Gasteiger partial charge in [0.15, 0.2) is 0 Å². The summed E-state index contributed by atoms with van der Waals surface area (Å²) < 4.78 is 0. The van der Waals surface area contributed by atoms with E-state index in [1.165, 1.54) is 4.88 Å². The summed E-state index contributed by atoms with van der Waals surface area (Å²) in [5.41, 5.74) is 1.88. The Balaban J connectivity index is 0.000000671. The minimum Gasteiger partial charge on any atom is -0.299 e. The van der Waals surface area contributed by atoms with Crippen LogP contribution in [0.15, 0.2) is 11.7 Å². The maximum atomic E-state index is 4.03. The lowest BCUT2D eigenvalue weighted by Gasteiger charge is -2.19. The molecule has 0 bridgehead atoms. The molecule has 0 aliphatic carbocycles. The number of rotatable bonds is 3. The van der Waals surface area contributed by atoms with E-state index in [-0.39, 0.29) is 0 Å². The Morgan fingerprint density at radius 1 is 1.46 bits per heavy atom. The predicted molar refractivity (Wildman–Crippen MR) is 60.1 cm³/mol. The molecule has 0 saturated carbocycles. The normalized spacial score (nSPS) is 10.1. The lowest BCUT2D eigenvalue weighted by atomic mass is 10.3. The van der Waals surface area contributed by atoms with E-state index in [0.29, 0.717) is 6.04 Å². The van der Waals surface area contributed by atoms with Crippen LogP contribution < -0.4 is 0 Å². The maximum Gasteiger partial charge on any atom is 0.0794 e. The molecule has 3 heteroatoms. The molecule has 0 amide bonds. The van der Waals surface area contributed by atoms with Crippen molar-refractivity contribution in [1.82, 2.24) is 9.88 Å². The van der Waals surface area contributed by atoms with Crippen LogP contribution in [0.4, 0.5) is 0 Å². The van der Waals surface area contributed by atoms with Gasteiger partial charge in [-0.2, -0.15) is 0 Å². The average Bonchev–Trinajstić information content (AvgIpc) is 2.60. The third-order valence-electron chi connectivity index (χ3n) is 1.77. The number of thiazole rings is 1. The summed E-state index contributed by atoms with van der Waals surface area (Å²) in [6.45, 7) is 9.41. The highest BCUT2D eigenvalue weighted by Crippen LogP contribution is 2.09.